The third kappa shape index (κ3) is 5.50. The molecule has 4 aliphatic rings. The average molecular weight is 584 g/mol. The Morgan fingerprint density at radius 3 is 2.69 bits per heavy atom. The number of benzene rings is 1. The molecule has 0 unspecified atom stereocenters. The van der Waals surface area contributed by atoms with E-state index in [1.165, 1.54) is 24.8 Å². The van der Waals surface area contributed by atoms with Gasteiger partial charge in [-0.15, -0.1) is 0 Å². The number of nitro groups is 1. The van der Waals surface area contributed by atoms with E-state index >= 15 is 0 Å². The number of methoxy groups -OCH3 is 1. The molecule has 228 valence electrons. The van der Waals surface area contributed by atoms with Crippen LogP contribution in [-0.2, 0) is 25.6 Å². The van der Waals surface area contributed by atoms with E-state index in [0.29, 0.717) is 23.3 Å². The van der Waals surface area contributed by atoms with E-state index in [9.17, 15) is 29.9 Å². The summed E-state index contributed by atoms with van der Waals surface area (Å²) in [5.74, 6) is 0.0699. The van der Waals surface area contributed by atoms with Crippen LogP contribution < -0.4 is 5.32 Å². The number of carbonyl (C=O) groups excluding carboxylic acids is 2. The fourth-order valence-electron chi connectivity index (χ4n) is 8.44. The van der Waals surface area contributed by atoms with Gasteiger partial charge in [-0.25, -0.2) is 4.79 Å². The highest BCUT2D eigenvalue weighted by molar-refractivity contribution is 5.96. The molecule has 3 saturated carbocycles. The quantitative estimate of drug-likeness (QED) is 0.233. The van der Waals surface area contributed by atoms with Crippen LogP contribution in [0.5, 0.6) is 5.75 Å². The number of nitrogens with zero attached hydrogens (tertiary/aromatic N) is 2. The number of nitro benzene ring substituents is 1. The van der Waals surface area contributed by atoms with E-state index in [-0.39, 0.29) is 23.4 Å². The standard InChI is InChI=1S/C31H41N3O8/c1-30-12-10-20(16-19(30)5-6-21-22-7-9-27(36)31(22,2)13-11-23(21)30)33-42-17-28(37)32-24(29(38)41-3)14-18-4-8-26(35)25(15-18)34(39)40/h4,8,15-16,21-24,27,35-36H,5-7,9-14,17H2,1-3H3,(H,32,37)/t21-,22+,23-,24+,27-,30+,31+/m1/s1. The highest BCUT2D eigenvalue weighted by Gasteiger charge is 2.58. The number of hydrogen-bond acceptors (Lipinski definition) is 9. The number of ether oxygens (including phenoxy) is 1. The highest BCUT2D eigenvalue weighted by Crippen LogP contribution is 2.65. The number of esters is 1. The second-order valence-electron chi connectivity index (χ2n) is 12.9. The van der Waals surface area contributed by atoms with Gasteiger partial charge in [0, 0.05) is 12.5 Å². The molecule has 0 saturated heterocycles. The maximum absolute atomic E-state index is 12.6. The number of oxime groups is 1. The number of aromatic hydroxyl groups is 1. The molecule has 3 N–H and O–H groups in total. The van der Waals surface area contributed by atoms with Crippen molar-refractivity contribution < 1.29 is 34.3 Å². The number of aliphatic hydroxyl groups is 1. The van der Waals surface area contributed by atoms with Crippen LogP contribution in [0.3, 0.4) is 0 Å². The number of rotatable bonds is 8. The fourth-order valence-corrected chi connectivity index (χ4v) is 8.44. The molecular formula is C31H41N3O8. The molecule has 0 spiro atoms. The van der Waals surface area contributed by atoms with Gasteiger partial charge in [0.15, 0.2) is 12.4 Å². The normalized spacial score (nSPS) is 33.4. The van der Waals surface area contributed by atoms with Crippen molar-refractivity contribution >= 4 is 23.3 Å². The fraction of sp³-hybridized carbons (Fsp3) is 0.645. The number of allylic oxidation sites excluding steroid dienone is 2. The zero-order valence-corrected chi connectivity index (χ0v) is 24.5. The molecule has 0 radical (unpaired) electrons. The maximum atomic E-state index is 12.6. The molecule has 5 rings (SSSR count). The number of hydrogen-bond donors (Lipinski definition) is 3. The summed E-state index contributed by atoms with van der Waals surface area (Å²) in [7, 11) is 1.18. The van der Waals surface area contributed by atoms with Gasteiger partial charge in [-0.2, -0.15) is 0 Å². The Labute approximate surface area is 245 Å². The second-order valence-corrected chi connectivity index (χ2v) is 12.9. The van der Waals surface area contributed by atoms with Gasteiger partial charge in [0.2, 0.25) is 0 Å². The Morgan fingerprint density at radius 2 is 1.95 bits per heavy atom. The summed E-state index contributed by atoms with van der Waals surface area (Å²) in [5.41, 5.74) is 2.25. The van der Waals surface area contributed by atoms with Crippen LogP contribution in [0.4, 0.5) is 5.69 Å². The van der Waals surface area contributed by atoms with Gasteiger partial charge in [0.1, 0.15) is 6.04 Å². The SMILES string of the molecule is COC(=O)[C@H](Cc1ccc(O)c([N+](=O)[O-])c1)NC(=O)CON=C1C=C2CC[C@H]3[C@@H](CC[C@]4(C)[C@H](O)CC[C@@H]34)[C@@]2(C)CC1. The van der Waals surface area contributed by atoms with Gasteiger partial charge in [0.25, 0.3) is 5.91 Å². The first-order valence-electron chi connectivity index (χ1n) is 14.9. The lowest BCUT2D eigenvalue weighted by molar-refractivity contribution is -0.385. The number of amides is 1. The van der Waals surface area contributed by atoms with Crippen molar-refractivity contribution in [3.05, 3.63) is 45.5 Å². The summed E-state index contributed by atoms with van der Waals surface area (Å²) >= 11 is 0. The summed E-state index contributed by atoms with van der Waals surface area (Å²) in [6, 6.07) is 2.66. The van der Waals surface area contributed by atoms with Gasteiger partial charge in [-0.1, -0.05) is 30.6 Å². The Morgan fingerprint density at radius 1 is 1.17 bits per heavy atom. The van der Waals surface area contributed by atoms with Crippen molar-refractivity contribution in [2.45, 2.75) is 83.8 Å². The summed E-state index contributed by atoms with van der Waals surface area (Å²) in [6.07, 6.45) is 10.0. The van der Waals surface area contributed by atoms with E-state index in [1.807, 2.05) is 0 Å². The van der Waals surface area contributed by atoms with Gasteiger partial charge >= 0.3 is 11.7 Å². The first kappa shape index (κ1) is 30.0. The Bertz CT molecular complexity index is 1310. The van der Waals surface area contributed by atoms with Crippen LogP contribution in [0.1, 0.15) is 70.8 Å². The third-order valence-electron chi connectivity index (χ3n) is 10.8. The monoisotopic (exact) mass is 583 g/mol. The molecule has 11 heteroatoms. The van der Waals surface area contributed by atoms with Crippen molar-refractivity contribution in [2.24, 2.45) is 33.7 Å². The Kier molecular flexibility index (Phi) is 8.33. The first-order valence-corrected chi connectivity index (χ1v) is 14.9. The second kappa shape index (κ2) is 11.7. The van der Waals surface area contributed by atoms with Crippen molar-refractivity contribution in [3.8, 4) is 5.75 Å². The van der Waals surface area contributed by atoms with Crippen LogP contribution in [0.15, 0.2) is 35.0 Å². The highest BCUT2D eigenvalue weighted by atomic mass is 16.6. The molecule has 0 aliphatic heterocycles. The third-order valence-corrected chi connectivity index (χ3v) is 10.8. The molecule has 42 heavy (non-hydrogen) atoms. The van der Waals surface area contributed by atoms with Gasteiger partial charge in [-0.3, -0.25) is 14.9 Å². The number of carbonyl (C=O) groups is 2. The maximum Gasteiger partial charge on any atom is 0.328 e. The zero-order chi connectivity index (χ0) is 30.2. The van der Waals surface area contributed by atoms with Crippen molar-refractivity contribution in [1.29, 1.82) is 0 Å². The molecule has 0 heterocycles. The van der Waals surface area contributed by atoms with E-state index in [4.69, 9.17) is 9.57 Å². The van der Waals surface area contributed by atoms with Crippen LogP contribution >= 0.6 is 0 Å². The topological polar surface area (TPSA) is 161 Å². The number of fused-ring (bicyclic) bond motifs is 5. The molecule has 4 aliphatic carbocycles. The number of phenolic OH excluding ortho intramolecular Hbond substituents is 1. The van der Waals surface area contributed by atoms with Crippen LogP contribution in [0.2, 0.25) is 0 Å². The van der Waals surface area contributed by atoms with E-state index < -0.39 is 40.9 Å². The minimum atomic E-state index is -1.10. The van der Waals surface area contributed by atoms with Crippen molar-refractivity contribution in [1.82, 2.24) is 5.32 Å². The van der Waals surface area contributed by atoms with Gasteiger partial charge in [0.05, 0.1) is 23.8 Å². The first-order chi connectivity index (χ1) is 20.0. The Balaban J connectivity index is 1.19. The van der Waals surface area contributed by atoms with E-state index in [2.05, 4.69) is 30.4 Å². The van der Waals surface area contributed by atoms with Crippen molar-refractivity contribution in [3.63, 3.8) is 0 Å². The van der Waals surface area contributed by atoms with Crippen LogP contribution in [0, 0.1) is 38.7 Å². The minimum absolute atomic E-state index is 0.0589. The molecule has 0 bridgehead atoms. The number of nitrogens with one attached hydrogen (secondary N) is 1. The van der Waals surface area contributed by atoms with Crippen LogP contribution in [0.25, 0.3) is 0 Å². The summed E-state index contributed by atoms with van der Waals surface area (Å²) < 4.78 is 4.79. The lowest BCUT2D eigenvalue weighted by Gasteiger charge is -2.57. The Hall–Kier alpha value is -3.47. The predicted molar refractivity (Wildman–Crippen MR) is 154 cm³/mol. The summed E-state index contributed by atoms with van der Waals surface area (Å²) in [5, 5.41) is 38.3. The van der Waals surface area contributed by atoms with Gasteiger partial charge < -0.3 is 25.1 Å². The largest absolute Gasteiger partial charge is 0.502 e. The lowest BCUT2D eigenvalue weighted by Crippen LogP contribution is -2.51. The molecule has 1 amide bonds. The molecular weight excluding hydrogens is 542 g/mol. The molecule has 11 nitrogen and oxygen atoms in total. The van der Waals surface area contributed by atoms with E-state index in [1.54, 1.807) is 0 Å². The molecule has 7 atom stereocenters. The smallest absolute Gasteiger partial charge is 0.328 e. The zero-order valence-electron chi connectivity index (χ0n) is 24.5. The predicted octanol–water partition coefficient (Wildman–Crippen LogP) is 4.20. The van der Waals surface area contributed by atoms with Crippen LogP contribution in [-0.4, -0.2) is 58.6 Å². The minimum Gasteiger partial charge on any atom is -0.502 e. The number of aliphatic hydroxyl groups excluding tert-OH is 1. The molecule has 1 aromatic rings. The molecule has 1 aromatic carbocycles. The molecule has 3 fully saturated rings. The van der Waals surface area contributed by atoms with Crippen molar-refractivity contribution in [2.75, 3.05) is 13.7 Å². The van der Waals surface area contributed by atoms with E-state index in [0.717, 1.165) is 63.1 Å². The lowest BCUT2D eigenvalue weighted by atomic mass is 9.47. The molecule has 0 aromatic heterocycles. The summed E-state index contributed by atoms with van der Waals surface area (Å²) in [4.78, 5) is 40.7. The average Bonchev–Trinajstić information content (AvgIpc) is 3.27. The number of phenols is 1. The summed E-state index contributed by atoms with van der Waals surface area (Å²) in [6.45, 7) is 4.29. The van der Waals surface area contributed by atoms with Gasteiger partial charge in [-0.05, 0) is 97.7 Å².